The lowest BCUT2D eigenvalue weighted by molar-refractivity contribution is -0.155. The SMILES string of the molecule is CC(O)(CNC(=O)c1c(O)cccc1O)C(=O)O. The van der Waals surface area contributed by atoms with Crippen LogP contribution < -0.4 is 5.32 Å². The summed E-state index contributed by atoms with van der Waals surface area (Å²) in [5, 5.41) is 38.9. The number of aliphatic hydroxyl groups is 1. The molecule has 0 saturated heterocycles. The van der Waals surface area contributed by atoms with Gasteiger partial charge >= 0.3 is 5.97 Å². The summed E-state index contributed by atoms with van der Waals surface area (Å²) in [6.45, 7) is 0.454. The summed E-state index contributed by atoms with van der Waals surface area (Å²) in [5.74, 6) is -3.26. The number of phenolic OH excluding ortho intramolecular Hbond substituents is 2. The molecule has 1 amide bonds. The molecule has 98 valence electrons. The Hall–Kier alpha value is -2.28. The number of nitrogens with one attached hydrogen (secondary N) is 1. The number of rotatable bonds is 4. The largest absolute Gasteiger partial charge is 0.507 e. The van der Waals surface area contributed by atoms with Crippen molar-refractivity contribution in [2.45, 2.75) is 12.5 Å². The Balaban J connectivity index is 2.82. The van der Waals surface area contributed by atoms with Gasteiger partial charge < -0.3 is 25.7 Å². The maximum Gasteiger partial charge on any atom is 0.337 e. The van der Waals surface area contributed by atoms with Gasteiger partial charge in [-0.25, -0.2) is 4.79 Å². The second kappa shape index (κ2) is 4.92. The molecule has 0 aliphatic rings. The quantitative estimate of drug-likeness (QED) is 0.501. The maximum absolute atomic E-state index is 11.6. The van der Waals surface area contributed by atoms with Crippen LogP contribution in [0.25, 0.3) is 0 Å². The number of hydrogen-bond acceptors (Lipinski definition) is 5. The van der Waals surface area contributed by atoms with Crippen LogP contribution in [0.15, 0.2) is 18.2 Å². The zero-order chi connectivity index (χ0) is 13.9. The average molecular weight is 255 g/mol. The molecule has 1 atom stereocenters. The molecule has 0 aromatic heterocycles. The first-order chi connectivity index (χ1) is 8.25. The van der Waals surface area contributed by atoms with E-state index in [0.717, 1.165) is 6.92 Å². The first-order valence-electron chi connectivity index (χ1n) is 5.00. The predicted octanol–water partition coefficient (Wildman–Crippen LogP) is -0.337. The van der Waals surface area contributed by atoms with Crippen molar-refractivity contribution in [1.82, 2.24) is 5.32 Å². The smallest absolute Gasteiger partial charge is 0.337 e. The number of carboxylic acid groups (broad SMARTS) is 1. The lowest BCUT2D eigenvalue weighted by Gasteiger charge is -2.18. The number of phenols is 2. The van der Waals surface area contributed by atoms with E-state index >= 15 is 0 Å². The molecule has 1 rings (SSSR count). The van der Waals surface area contributed by atoms with E-state index in [9.17, 15) is 24.9 Å². The molecule has 0 aliphatic carbocycles. The van der Waals surface area contributed by atoms with Crippen molar-refractivity contribution in [3.8, 4) is 11.5 Å². The van der Waals surface area contributed by atoms with Gasteiger partial charge in [-0.05, 0) is 19.1 Å². The predicted molar refractivity (Wildman–Crippen MR) is 60.4 cm³/mol. The molecular weight excluding hydrogens is 242 g/mol. The van der Waals surface area contributed by atoms with Crippen LogP contribution in [-0.4, -0.2) is 44.4 Å². The molecule has 0 aliphatic heterocycles. The van der Waals surface area contributed by atoms with Crippen LogP contribution in [0, 0.1) is 0 Å². The van der Waals surface area contributed by atoms with Gasteiger partial charge in [0, 0.05) is 0 Å². The fourth-order valence-corrected chi connectivity index (χ4v) is 1.18. The first-order valence-corrected chi connectivity index (χ1v) is 5.00. The zero-order valence-electron chi connectivity index (χ0n) is 9.54. The fraction of sp³-hybridized carbons (Fsp3) is 0.273. The number of hydrogen-bond donors (Lipinski definition) is 5. The van der Waals surface area contributed by atoms with Crippen LogP contribution in [0.1, 0.15) is 17.3 Å². The highest BCUT2D eigenvalue weighted by Gasteiger charge is 2.31. The van der Waals surface area contributed by atoms with Gasteiger partial charge in [0.15, 0.2) is 5.60 Å². The molecule has 0 radical (unpaired) electrons. The summed E-state index contributed by atoms with van der Waals surface area (Å²) in [6, 6.07) is 3.74. The van der Waals surface area contributed by atoms with E-state index in [0.29, 0.717) is 0 Å². The van der Waals surface area contributed by atoms with Gasteiger partial charge in [0.2, 0.25) is 0 Å². The number of carboxylic acids is 1. The molecule has 18 heavy (non-hydrogen) atoms. The second-order valence-corrected chi connectivity index (χ2v) is 3.93. The topological polar surface area (TPSA) is 127 Å². The Morgan fingerprint density at radius 2 is 1.78 bits per heavy atom. The molecule has 0 heterocycles. The third kappa shape index (κ3) is 2.89. The molecule has 0 saturated carbocycles. The standard InChI is InChI=1S/C11H13NO6/c1-11(18,10(16)17)5-12-9(15)8-6(13)3-2-4-7(8)14/h2-4,13-14,18H,5H2,1H3,(H,12,15)(H,16,17). The lowest BCUT2D eigenvalue weighted by Crippen LogP contribution is -2.46. The number of aromatic hydroxyl groups is 2. The van der Waals surface area contributed by atoms with Crippen LogP contribution in [0.5, 0.6) is 11.5 Å². The second-order valence-electron chi connectivity index (χ2n) is 3.93. The summed E-state index contributed by atoms with van der Waals surface area (Å²) >= 11 is 0. The fourth-order valence-electron chi connectivity index (χ4n) is 1.18. The van der Waals surface area contributed by atoms with E-state index in [4.69, 9.17) is 5.11 Å². The molecule has 5 N–H and O–H groups in total. The highest BCUT2D eigenvalue weighted by molar-refractivity contribution is 5.99. The average Bonchev–Trinajstić information content (AvgIpc) is 2.26. The van der Waals surface area contributed by atoms with Crippen molar-refractivity contribution in [1.29, 1.82) is 0 Å². The zero-order valence-corrected chi connectivity index (χ0v) is 9.54. The van der Waals surface area contributed by atoms with Crippen LogP contribution in [0.3, 0.4) is 0 Å². The van der Waals surface area contributed by atoms with Crippen LogP contribution in [-0.2, 0) is 4.79 Å². The van der Waals surface area contributed by atoms with Crippen LogP contribution >= 0.6 is 0 Å². The minimum absolute atomic E-state index is 0.376. The third-order valence-electron chi connectivity index (χ3n) is 2.30. The number of amides is 1. The van der Waals surface area contributed by atoms with Crippen LogP contribution in [0.4, 0.5) is 0 Å². The normalized spacial score (nSPS) is 13.7. The third-order valence-corrected chi connectivity index (χ3v) is 2.30. The molecule has 0 bridgehead atoms. The van der Waals surface area contributed by atoms with Crippen molar-refractivity contribution in [3.63, 3.8) is 0 Å². The first kappa shape index (κ1) is 13.8. The highest BCUT2D eigenvalue weighted by Crippen LogP contribution is 2.25. The Labute approximate surface area is 102 Å². The Kier molecular flexibility index (Phi) is 3.77. The highest BCUT2D eigenvalue weighted by atomic mass is 16.4. The molecule has 0 fully saturated rings. The van der Waals surface area contributed by atoms with E-state index in [-0.39, 0.29) is 5.56 Å². The minimum atomic E-state index is -2.13. The minimum Gasteiger partial charge on any atom is -0.507 e. The Bertz CT molecular complexity index is 462. The summed E-state index contributed by atoms with van der Waals surface area (Å²) in [5.41, 5.74) is -2.51. The number of aliphatic carboxylic acids is 1. The number of carbonyl (C=O) groups excluding carboxylic acids is 1. The van der Waals surface area contributed by atoms with Gasteiger partial charge in [0.1, 0.15) is 17.1 Å². The van der Waals surface area contributed by atoms with E-state index in [2.05, 4.69) is 5.32 Å². The molecule has 7 nitrogen and oxygen atoms in total. The lowest BCUT2D eigenvalue weighted by atomic mass is 10.1. The Morgan fingerprint density at radius 3 is 2.22 bits per heavy atom. The number of carbonyl (C=O) groups is 2. The Morgan fingerprint density at radius 1 is 1.28 bits per heavy atom. The molecule has 1 aromatic carbocycles. The summed E-state index contributed by atoms with van der Waals surface area (Å²) in [7, 11) is 0. The van der Waals surface area contributed by atoms with Crippen molar-refractivity contribution in [2.24, 2.45) is 0 Å². The van der Waals surface area contributed by atoms with E-state index in [1.165, 1.54) is 18.2 Å². The maximum atomic E-state index is 11.6. The van der Waals surface area contributed by atoms with Crippen molar-refractivity contribution >= 4 is 11.9 Å². The van der Waals surface area contributed by atoms with Crippen molar-refractivity contribution in [3.05, 3.63) is 23.8 Å². The molecule has 7 heteroatoms. The molecule has 1 unspecified atom stereocenters. The molecular formula is C11H13NO6. The monoisotopic (exact) mass is 255 g/mol. The van der Waals surface area contributed by atoms with Gasteiger partial charge in [-0.2, -0.15) is 0 Å². The van der Waals surface area contributed by atoms with Gasteiger partial charge in [0.05, 0.1) is 6.54 Å². The summed E-state index contributed by atoms with van der Waals surface area (Å²) in [6.07, 6.45) is 0. The van der Waals surface area contributed by atoms with Crippen LogP contribution in [0.2, 0.25) is 0 Å². The van der Waals surface area contributed by atoms with Gasteiger partial charge in [0.25, 0.3) is 5.91 Å². The van der Waals surface area contributed by atoms with Gasteiger partial charge in [-0.1, -0.05) is 6.07 Å². The van der Waals surface area contributed by atoms with E-state index in [1.807, 2.05) is 0 Å². The molecule has 0 spiro atoms. The van der Waals surface area contributed by atoms with Gasteiger partial charge in [-0.3, -0.25) is 4.79 Å². The molecule has 1 aromatic rings. The summed E-state index contributed by atoms with van der Waals surface area (Å²) in [4.78, 5) is 22.2. The van der Waals surface area contributed by atoms with Gasteiger partial charge in [-0.15, -0.1) is 0 Å². The number of benzene rings is 1. The van der Waals surface area contributed by atoms with Crippen molar-refractivity contribution in [2.75, 3.05) is 6.54 Å². The van der Waals surface area contributed by atoms with E-state index in [1.54, 1.807) is 0 Å². The van der Waals surface area contributed by atoms with Crippen molar-refractivity contribution < 1.29 is 30.0 Å². The van der Waals surface area contributed by atoms with E-state index < -0.39 is 35.5 Å². The summed E-state index contributed by atoms with van der Waals surface area (Å²) < 4.78 is 0.